The number of thioether (sulfide) groups is 1. The maximum atomic E-state index is 12.5. The molecule has 0 atom stereocenters. The number of carbonyl (C=O) groups is 2. The van der Waals surface area contributed by atoms with Crippen LogP contribution in [0.5, 0.6) is 5.75 Å². The van der Waals surface area contributed by atoms with Crippen LogP contribution in [0.2, 0.25) is 5.02 Å². The van der Waals surface area contributed by atoms with Crippen molar-refractivity contribution in [2.45, 2.75) is 24.9 Å². The Hall–Kier alpha value is -2.97. The number of halogens is 1. The lowest BCUT2D eigenvalue weighted by Crippen LogP contribution is -2.24. The second-order valence-corrected chi connectivity index (χ2v) is 8.30. The molecule has 0 aliphatic heterocycles. The molecule has 3 aromatic rings. The summed E-state index contributed by atoms with van der Waals surface area (Å²) in [5.74, 6) is 0.353. The van der Waals surface area contributed by atoms with Gasteiger partial charge in [0.1, 0.15) is 5.75 Å². The standard InChI is InChI=1S/C23H25ClN4O3S/c1-3-4-10-25-22(30)16-6-5-7-18(13-16)28-12-11-26-23(28)32-15-21(29)27-19-14-17(24)8-9-20(19)31-2/h5-9,11-14H,3-4,10,15H2,1-2H3,(H,25,30)(H,27,29). The average Bonchev–Trinajstić information content (AvgIpc) is 3.27. The molecule has 0 radical (unpaired) electrons. The van der Waals surface area contributed by atoms with Crippen molar-refractivity contribution >= 4 is 40.9 Å². The highest BCUT2D eigenvalue weighted by Gasteiger charge is 2.13. The third kappa shape index (κ3) is 6.27. The van der Waals surface area contributed by atoms with Gasteiger partial charge in [0.2, 0.25) is 5.91 Å². The van der Waals surface area contributed by atoms with Crippen molar-refractivity contribution in [3.63, 3.8) is 0 Å². The Labute approximate surface area is 196 Å². The van der Waals surface area contributed by atoms with Crippen LogP contribution in [0.4, 0.5) is 5.69 Å². The number of ether oxygens (including phenoxy) is 1. The van der Waals surface area contributed by atoms with Crippen LogP contribution in [0.25, 0.3) is 5.69 Å². The third-order valence-corrected chi connectivity index (χ3v) is 5.78. The van der Waals surface area contributed by atoms with Gasteiger partial charge < -0.3 is 15.4 Å². The Bertz CT molecular complexity index is 1090. The molecule has 0 aliphatic carbocycles. The number of nitrogens with zero attached hydrogens (tertiary/aromatic N) is 2. The smallest absolute Gasteiger partial charge is 0.251 e. The normalized spacial score (nSPS) is 10.6. The molecule has 0 spiro atoms. The highest BCUT2D eigenvalue weighted by Crippen LogP contribution is 2.28. The van der Waals surface area contributed by atoms with E-state index in [2.05, 4.69) is 22.5 Å². The van der Waals surface area contributed by atoms with Crippen molar-refractivity contribution in [3.05, 3.63) is 65.4 Å². The van der Waals surface area contributed by atoms with E-state index in [9.17, 15) is 9.59 Å². The number of carbonyl (C=O) groups excluding carboxylic acids is 2. The van der Waals surface area contributed by atoms with Crippen molar-refractivity contribution in [2.24, 2.45) is 0 Å². The maximum Gasteiger partial charge on any atom is 0.251 e. The van der Waals surface area contributed by atoms with Crippen molar-refractivity contribution < 1.29 is 14.3 Å². The summed E-state index contributed by atoms with van der Waals surface area (Å²) < 4.78 is 7.11. The molecule has 0 bridgehead atoms. The third-order valence-electron chi connectivity index (χ3n) is 4.58. The molecule has 3 rings (SSSR count). The quantitative estimate of drug-likeness (QED) is 0.327. The van der Waals surface area contributed by atoms with Crippen molar-refractivity contribution in [1.82, 2.24) is 14.9 Å². The van der Waals surface area contributed by atoms with E-state index in [0.29, 0.717) is 33.7 Å². The van der Waals surface area contributed by atoms with E-state index in [1.807, 2.05) is 22.8 Å². The molecule has 0 unspecified atom stereocenters. The summed E-state index contributed by atoms with van der Waals surface area (Å²) in [6.45, 7) is 2.73. The minimum Gasteiger partial charge on any atom is -0.495 e. The summed E-state index contributed by atoms with van der Waals surface area (Å²) in [4.78, 5) is 29.2. The number of methoxy groups -OCH3 is 1. The van der Waals surface area contributed by atoms with Crippen molar-refractivity contribution in [2.75, 3.05) is 24.7 Å². The fraction of sp³-hybridized carbons (Fsp3) is 0.261. The first kappa shape index (κ1) is 23.7. The van der Waals surface area contributed by atoms with E-state index in [1.165, 1.54) is 18.9 Å². The highest BCUT2D eigenvalue weighted by molar-refractivity contribution is 7.99. The Kier molecular flexibility index (Phi) is 8.58. The van der Waals surface area contributed by atoms with Crippen LogP contribution < -0.4 is 15.4 Å². The number of hydrogen-bond acceptors (Lipinski definition) is 5. The van der Waals surface area contributed by atoms with E-state index in [1.54, 1.807) is 36.7 Å². The fourth-order valence-corrected chi connectivity index (χ4v) is 3.91. The SMILES string of the molecule is CCCCNC(=O)c1cccc(-n2ccnc2SCC(=O)Nc2cc(Cl)ccc2OC)c1. The zero-order chi connectivity index (χ0) is 22.9. The first-order valence-electron chi connectivity index (χ1n) is 10.2. The van der Waals surface area contributed by atoms with Crippen LogP contribution in [-0.4, -0.2) is 40.8 Å². The summed E-state index contributed by atoms with van der Waals surface area (Å²) in [7, 11) is 1.53. The van der Waals surface area contributed by atoms with Crippen molar-refractivity contribution in [1.29, 1.82) is 0 Å². The van der Waals surface area contributed by atoms with E-state index in [4.69, 9.17) is 16.3 Å². The molecule has 32 heavy (non-hydrogen) atoms. The Morgan fingerprint density at radius 1 is 1.22 bits per heavy atom. The predicted octanol–water partition coefficient (Wildman–Crippen LogP) is 4.80. The molecule has 1 aromatic heterocycles. The molecule has 2 amide bonds. The fourth-order valence-electron chi connectivity index (χ4n) is 2.97. The minimum atomic E-state index is -0.214. The van der Waals surface area contributed by atoms with Crippen LogP contribution in [0.3, 0.4) is 0 Å². The molecule has 0 saturated carbocycles. The van der Waals surface area contributed by atoms with Gasteiger partial charge in [-0.2, -0.15) is 0 Å². The van der Waals surface area contributed by atoms with Crippen molar-refractivity contribution in [3.8, 4) is 11.4 Å². The Morgan fingerprint density at radius 2 is 2.06 bits per heavy atom. The lowest BCUT2D eigenvalue weighted by Gasteiger charge is -2.11. The number of rotatable bonds is 10. The number of unbranched alkanes of at least 4 members (excludes halogenated alkanes) is 1. The number of benzene rings is 2. The molecule has 0 saturated heterocycles. The van der Waals surface area contributed by atoms with Crippen LogP contribution in [-0.2, 0) is 4.79 Å². The van der Waals surface area contributed by atoms with Gasteiger partial charge in [-0.25, -0.2) is 4.98 Å². The van der Waals surface area contributed by atoms with Gasteiger partial charge in [-0.3, -0.25) is 14.2 Å². The Balaban J connectivity index is 1.66. The summed E-state index contributed by atoms with van der Waals surface area (Å²) in [5, 5.41) is 6.88. The van der Waals surface area contributed by atoms with E-state index >= 15 is 0 Å². The van der Waals surface area contributed by atoms with Crippen LogP contribution in [0, 0.1) is 0 Å². The van der Waals surface area contributed by atoms with Gasteiger partial charge in [0.15, 0.2) is 5.16 Å². The predicted molar refractivity (Wildman–Crippen MR) is 128 cm³/mol. The number of aromatic nitrogens is 2. The first-order valence-corrected chi connectivity index (χ1v) is 11.6. The molecule has 7 nitrogen and oxygen atoms in total. The highest BCUT2D eigenvalue weighted by atomic mass is 35.5. The molecule has 2 N–H and O–H groups in total. The molecule has 9 heteroatoms. The number of imidazole rings is 1. The van der Waals surface area contributed by atoms with Gasteiger partial charge in [0.05, 0.1) is 18.6 Å². The zero-order valence-electron chi connectivity index (χ0n) is 17.9. The molecule has 2 aromatic carbocycles. The number of anilines is 1. The van der Waals surface area contributed by atoms with Crippen LogP contribution >= 0.6 is 23.4 Å². The summed E-state index contributed by atoms with van der Waals surface area (Å²) in [6, 6.07) is 12.3. The summed E-state index contributed by atoms with van der Waals surface area (Å²) in [5.41, 5.74) is 1.88. The monoisotopic (exact) mass is 472 g/mol. The second-order valence-electron chi connectivity index (χ2n) is 6.92. The summed E-state index contributed by atoms with van der Waals surface area (Å²) >= 11 is 7.31. The molecule has 0 fully saturated rings. The topological polar surface area (TPSA) is 85.2 Å². The van der Waals surface area contributed by atoms with Gasteiger partial charge in [0, 0.05) is 35.2 Å². The van der Waals surface area contributed by atoms with Gasteiger partial charge >= 0.3 is 0 Å². The maximum absolute atomic E-state index is 12.5. The van der Waals surface area contributed by atoms with E-state index in [-0.39, 0.29) is 17.6 Å². The van der Waals surface area contributed by atoms with Gasteiger partial charge in [0.25, 0.3) is 5.91 Å². The minimum absolute atomic E-state index is 0.107. The molecular weight excluding hydrogens is 448 g/mol. The average molecular weight is 473 g/mol. The van der Waals surface area contributed by atoms with Crippen LogP contribution in [0.15, 0.2) is 60.0 Å². The Morgan fingerprint density at radius 3 is 2.84 bits per heavy atom. The molecule has 1 heterocycles. The van der Waals surface area contributed by atoms with E-state index < -0.39 is 0 Å². The lowest BCUT2D eigenvalue weighted by atomic mass is 10.2. The molecular formula is C23H25ClN4O3S. The number of nitrogens with one attached hydrogen (secondary N) is 2. The van der Waals surface area contributed by atoms with E-state index in [0.717, 1.165) is 18.5 Å². The van der Waals surface area contributed by atoms with Gasteiger partial charge in [-0.05, 0) is 42.8 Å². The van der Waals surface area contributed by atoms with Gasteiger partial charge in [-0.15, -0.1) is 0 Å². The first-order chi connectivity index (χ1) is 15.5. The zero-order valence-corrected chi connectivity index (χ0v) is 19.5. The second kappa shape index (κ2) is 11.6. The lowest BCUT2D eigenvalue weighted by molar-refractivity contribution is -0.113. The molecule has 0 aliphatic rings. The number of hydrogen-bond donors (Lipinski definition) is 2. The van der Waals surface area contributed by atoms with Gasteiger partial charge in [-0.1, -0.05) is 42.8 Å². The summed E-state index contributed by atoms with van der Waals surface area (Å²) in [6.07, 6.45) is 5.42. The number of amides is 2. The largest absolute Gasteiger partial charge is 0.495 e. The molecule has 168 valence electrons. The van der Waals surface area contributed by atoms with Crippen LogP contribution in [0.1, 0.15) is 30.1 Å².